The summed E-state index contributed by atoms with van der Waals surface area (Å²) in [6, 6.07) is 7.36. The Bertz CT molecular complexity index is 632. The molecule has 1 atom stereocenters. The lowest BCUT2D eigenvalue weighted by Crippen LogP contribution is -2.50. The van der Waals surface area contributed by atoms with Gasteiger partial charge in [0.05, 0.1) is 6.61 Å². The maximum absolute atomic E-state index is 12.1. The van der Waals surface area contributed by atoms with Crippen LogP contribution in [0.2, 0.25) is 0 Å². The van der Waals surface area contributed by atoms with Crippen LogP contribution >= 0.6 is 0 Å². The van der Waals surface area contributed by atoms with Crippen molar-refractivity contribution in [3.05, 3.63) is 29.8 Å². The number of nitrogens with zero attached hydrogens (tertiary/aromatic N) is 2. The van der Waals surface area contributed by atoms with Crippen molar-refractivity contribution < 1.29 is 19.1 Å². The van der Waals surface area contributed by atoms with Gasteiger partial charge in [0.15, 0.2) is 0 Å². The summed E-state index contributed by atoms with van der Waals surface area (Å²) in [5.74, 6) is -0.375. The van der Waals surface area contributed by atoms with Gasteiger partial charge in [0, 0.05) is 31.9 Å². The van der Waals surface area contributed by atoms with Crippen LogP contribution in [0.15, 0.2) is 24.3 Å². The molecule has 0 bridgehead atoms. The van der Waals surface area contributed by atoms with Crippen molar-refractivity contribution in [2.45, 2.75) is 45.8 Å². The van der Waals surface area contributed by atoms with Crippen molar-refractivity contribution in [1.29, 1.82) is 0 Å². The van der Waals surface area contributed by atoms with E-state index in [2.05, 4.69) is 4.90 Å². The minimum atomic E-state index is -0.645. The van der Waals surface area contributed by atoms with E-state index in [9.17, 15) is 9.59 Å². The van der Waals surface area contributed by atoms with Crippen LogP contribution in [0.3, 0.4) is 0 Å². The molecule has 0 radical (unpaired) electrons. The molecule has 1 unspecified atom stereocenters. The zero-order chi connectivity index (χ0) is 20.0. The summed E-state index contributed by atoms with van der Waals surface area (Å²) < 4.78 is 10.4. The van der Waals surface area contributed by atoms with Gasteiger partial charge in [-0.15, -0.1) is 0 Å². The van der Waals surface area contributed by atoms with Gasteiger partial charge in [0.25, 0.3) is 0 Å². The van der Waals surface area contributed by atoms with E-state index in [0.717, 1.165) is 24.3 Å². The molecule has 1 aromatic rings. The summed E-state index contributed by atoms with van der Waals surface area (Å²) in [5.41, 5.74) is 7.47. The lowest BCUT2D eigenvalue weighted by Gasteiger charge is -2.36. The number of ether oxygens (including phenoxy) is 2. The Hall–Kier alpha value is -2.28. The largest absolute Gasteiger partial charge is 0.465 e. The lowest BCUT2D eigenvalue weighted by molar-refractivity contribution is -0.144. The average molecular weight is 377 g/mol. The first-order chi connectivity index (χ1) is 12.7. The summed E-state index contributed by atoms with van der Waals surface area (Å²) in [5, 5.41) is 0. The Balaban J connectivity index is 1.86. The molecule has 1 fully saturated rings. The van der Waals surface area contributed by atoms with Gasteiger partial charge in [-0.3, -0.25) is 4.79 Å². The number of nitrogens with two attached hydrogens (primary N) is 1. The molecule has 150 valence electrons. The average Bonchev–Trinajstić information content (AvgIpc) is 2.61. The smallest absolute Gasteiger partial charge is 0.410 e. The molecule has 1 aliphatic heterocycles. The number of rotatable bonds is 5. The first kappa shape index (κ1) is 21.0. The number of benzene rings is 1. The SMILES string of the molecule is CCOC(=O)C(N)Cc1ccc(N2CCN(C(=O)OC(C)(C)C)CC2)cc1. The number of hydrogen-bond donors (Lipinski definition) is 1. The first-order valence-electron chi connectivity index (χ1n) is 9.43. The molecule has 1 amide bonds. The Morgan fingerprint density at radius 1 is 1.11 bits per heavy atom. The van der Waals surface area contributed by atoms with Crippen LogP contribution in [0.4, 0.5) is 10.5 Å². The van der Waals surface area contributed by atoms with Crippen molar-refractivity contribution in [3.8, 4) is 0 Å². The van der Waals surface area contributed by atoms with Crippen LogP contribution in [0.1, 0.15) is 33.3 Å². The molecule has 1 aromatic carbocycles. The number of hydrogen-bond acceptors (Lipinski definition) is 6. The van der Waals surface area contributed by atoms with Gasteiger partial charge in [-0.05, 0) is 51.8 Å². The van der Waals surface area contributed by atoms with Crippen LogP contribution in [0, 0.1) is 0 Å². The minimum Gasteiger partial charge on any atom is -0.465 e. The maximum Gasteiger partial charge on any atom is 0.410 e. The molecule has 1 saturated heterocycles. The molecule has 0 saturated carbocycles. The van der Waals surface area contributed by atoms with Crippen LogP contribution in [0.25, 0.3) is 0 Å². The molecular weight excluding hydrogens is 346 g/mol. The Morgan fingerprint density at radius 2 is 1.70 bits per heavy atom. The topological polar surface area (TPSA) is 85.1 Å². The third kappa shape index (κ3) is 6.43. The summed E-state index contributed by atoms with van der Waals surface area (Å²) in [6.07, 6.45) is 0.191. The molecule has 1 heterocycles. The Labute approximate surface area is 161 Å². The van der Waals surface area contributed by atoms with E-state index in [4.69, 9.17) is 15.2 Å². The van der Waals surface area contributed by atoms with Crippen LogP contribution in [0.5, 0.6) is 0 Å². The van der Waals surface area contributed by atoms with E-state index < -0.39 is 11.6 Å². The second-order valence-corrected chi connectivity index (χ2v) is 7.68. The van der Waals surface area contributed by atoms with Gasteiger partial charge in [-0.2, -0.15) is 0 Å². The highest BCUT2D eigenvalue weighted by Crippen LogP contribution is 2.19. The summed E-state index contributed by atoms with van der Waals surface area (Å²) in [4.78, 5) is 27.8. The van der Waals surface area contributed by atoms with Crippen LogP contribution in [-0.2, 0) is 20.7 Å². The van der Waals surface area contributed by atoms with Gasteiger partial charge in [0.2, 0.25) is 0 Å². The zero-order valence-electron chi connectivity index (χ0n) is 16.7. The quantitative estimate of drug-likeness (QED) is 0.792. The van der Waals surface area contributed by atoms with Crippen LogP contribution < -0.4 is 10.6 Å². The van der Waals surface area contributed by atoms with Crippen molar-refractivity contribution in [2.24, 2.45) is 5.73 Å². The first-order valence-corrected chi connectivity index (χ1v) is 9.43. The molecule has 0 spiro atoms. The highest BCUT2D eigenvalue weighted by atomic mass is 16.6. The predicted molar refractivity (Wildman–Crippen MR) is 105 cm³/mol. The standard InChI is InChI=1S/C20H31N3O4/c1-5-26-18(24)17(21)14-15-6-8-16(9-7-15)22-10-12-23(13-11-22)19(25)27-20(2,3)4/h6-9,17H,5,10-14,21H2,1-4H3. The third-order valence-electron chi connectivity index (χ3n) is 4.28. The van der Waals surface area contributed by atoms with Gasteiger partial charge >= 0.3 is 12.1 Å². The maximum atomic E-state index is 12.1. The molecule has 2 rings (SSSR count). The van der Waals surface area contributed by atoms with E-state index in [1.807, 2.05) is 45.0 Å². The highest BCUT2D eigenvalue weighted by molar-refractivity contribution is 5.75. The highest BCUT2D eigenvalue weighted by Gasteiger charge is 2.26. The summed E-state index contributed by atoms with van der Waals surface area (Å²) >= 11 is 0. The molecule has 0 aromatic heterocycles. The predicted octanol–water partition coefficient (Wildman–Crippen LogP) is 2.18. The van der Waals surface area contributed by atoms with E-state index in [1.165, 1.54) is 0 Å². The Kier molecular flexibility index (Phi) is 7.07. The van der Waals surface area contributed by atoms with Crippen LogP contribution in [-0.4, -0.2) is 61.4 Å². The second-order valence-electron chi connectivity index (χ2n) is 7.68. The summed E-state index contributed by atoms with van der Waals surface area (Å²) in [7, 11) is 0. The van der Waals surface area contributed by atoms with Crippen molar-refractivity contribution >= 4 is 17.7 Å². The molecule has 2 N–H and O–H groups in total. The second kappa shape index (κ2) is 9.08. The summed E-state index contributed by atoms with van der Waals surface area (Å²) in [6.45, 7) is 10.5. The number of piperazine rings is 1. The monoisotopic (exact) mass is 377 g/mol. The molecule has 1 aliphatic rings. The van der Waals surface area contributed by atoms with Crippen molar-refractivity contribution in [2.75, 3.05) is 37.7 Å². The number of carbonyl (C=O) groups is 2. The number of esters is 1. The molecule has 7 nitrogen and oxygen atoms in total. The minimum absolute atomic E-state index is 0.259. The van der Waals surface area contributed by atoms with Gasteiger partial charge in [0.1, 0.15) is 11.6 Å². The van der Waals surface area contributed by atoms with Gasteiger partial charge in [-0.1, -0.05) is 12.1 Å². The lowest BCUT2D eigenvalue weighted by atomic mass is 10.1. The van der Waals surface area contributed by atoms with Gasteiger partial charge < -0.3 is 25.0 Å². The fraction of sp³-hybridized carbons (Fsp3) is 0.600. The number of carbonyl (C=O) groups excluding carboxylic acids is 2. The third-order valence-corrected chi connectivity index (χ3v) is 4.28. The Morgan fingerprint density at radius 3 is 2.22 bits per heavy atom. The molecule has 27 heavy (non-hydrogen) atoms. The van der Waals surface area contributed by atoms with Crippen molar-refractivity contribution in [1.82, 2.24) is 4.90 Å². The zero-order valence-corrected chi connectivity index (χ0v) is 16.7. The molecule has 0 aliphatic carbocycles. The number of anilines is 1. The number of amides is 1. The van der Waals surface area contributed by atoms with E-state index in [0.29, 0.717) is 26.1 Å². The normalized spacial score (nSPS) is 16.0. The fourth-order valence-corrected chi connectivity index (χ4v) is 2.90. The van der Waals surface area contributed by atoms with E-state index in [1.54, 1.807) is 11.8 Å². The molecular formula is C20H31N3O4. The van der Waals surface area contributed by atoms with E-state index >= 15 is 0 Å². The van der Waals surface area contributed by atoms with Crippen molar-refractivity contribution in [3.63, 3.8) is 0 Å². The van der Waals surface area contributed by atoms with E-state index in [-0.39, 0.29) is 12.1 Å². The molecule has 7 heteroatoms. The fourth-order valence-electron chi connectivity index (χ4n) is 2.90. The van der Waals surface area contributed by atoms with Gasteiger partial charge in [-0.25, -0.2) is 4.79 Å².